The van der Waals surface area contributed by atoms with Crippen molar-refractivity contribution in [3.8, 4) is 0 Å². The van der Waals surface area contributed by atoms with Crippen molar-refractivity contribution in [1.29, 1.82) is 0 Å². The summed E-state index contributed by atoms with van der Waals surface area (Å²) in [6, 6.07) is 25.6. The molecule has 0 aromatic heterocycles. The molecule has 3 aromatic rings. The Bertz CT molecular complexity index is 1030. The Kier molecular flexibility index (Phi) is 6.19. The molecule has 0 bridgehead atoms. The number of hydrogen-bond acceptors (Lipinski definition) is 2. The van der Waals surface area contributed by atoms with E-state index in [4.69, 9.17) is 39.9 Å². The molecule has 1 unspecified atom stereocenters. The van der Waals surface area contributed by atoms with Crippen LogP contribution in [0.2, 0.25) is 10.0 Å². The van der Waals surface area contributed by atoms with Crippen LogP contribution in [0.4, 0.5) is 0 Å². The van der Waals surface area contributed by atoms with Crippen LogP contribution in [-0.4, -0.2) is 22.6 Å². The lowest BCUT2D eigenvalue weighted by Gasteiger charge is -2.15. The van der Waals surface area contributed by atoms with Gasteiger partial charge in [0, 0.05) is 16.0 Å². The van der Waals surface area contributed by atoms with Gasteiger partial charge in [-0.3, -0.25) is 4.99 Å². The Hall–Kier alpha value is -2.33. The lowest BCUT2D eigenvalue weighted by atomic mass is 9.91. The first-order valence-corrected chi connectivity index (χ1v) is 10.3. The summed E-state index contributed by atoms with van der Waals surface area (Å²) in [6.07, 6.45) is 0. The smallest absolute Gasteiger partial charge is 0.214 e. The van der Waals surface area contributed by atoms with E-state index in [9.17, 15) is 0 Å². The average Bonchev–Trinajstić information content (AvgIpc) is 3.20. The van der Waals surface area contributed by atoms with Crippen LogP contribution in [0.5, 0.6) is 0 Å². The van der Waals surface area contributed by atoms with Crippen LogP contribution in [0.1, 0.15) is 22.6 Å². The van der Waals surface area contributed by atoms with Crippen molar-refractivity contribution in [2.75, 3.05) is 6.54 Å². The van der Waals surface area contributed by atoms with Gasteiger partial charge in [0.25, 0.3) is 0 Å². The Morgan fingerprint density at radius 1 is 0.897 bits per heavy atom. The van der Waals surface area contributed by atoms with Gasteiger partial charge in [-0.2, -0.15) is 5.10 Å². The van der Waals surface area contributed by atoms with E-state index in [2.05, 4.69) is 17.1 Å². The number of amidine groups is 1. The van der Waals surface area contributed by atoms with Gasteiger partial charge in [0.15, 0.2) is 0 Å². The van der Waals surface area contributed by atoms with Crippen LogP contribution in [-0.2, 0) is 6.54 Å². The summed E-state index contributed by atoms with van der Waals surface area (Å²) in [5, 5.41) is 8.32. The highest BCUT2D eigenvalue weighted by atomic mass is 35.5. The number of hydrogen-bond donors (Lipinski definition) is 0. The molecule has 29 heavy (non-hydrogen) atoms. The topological polar surface area (TPSA) is 28.0 Å². The van der Waals surface area contributed by atoms with Crippen molar-refractivity contribution in [3.63, 3.8) is 0 Å². The van der Waals surface area contributed by atoms with Crippen molar-refractivity contribution >= 4 is 45.8 Å². The van der Waals surface area contributed by atoms with Gasteiger partial charge in [-0.25, -0.2) is 5.01 Å². The van der Waals surface area contributed by atoms with Gasteiger partial charge < -0.3 is 0 Å². The molecule has 1 aliphatic rings. The SMILES string of the molecule is Cl/C(=N\Cc1ccc(Cl)cc1)N1CC(c2ccccc2)C(c2ccc(Cl)cc2)=N1. The molecule has 0 saturated heterocycles. The lowest BCUT2D eigenvalue weighted by molar-refractivity contribution is 0.481. The predicted octanol–water partition coefficient (Wildman–Crippen LogP) is 6.59. The van der Waals surface area contributed by atoms with E-state index >= 15 is 0 Å². The minimum absolute atomic E-state index is 0.0943. The summed E-state index contributed by atoms with van der Waals surface area (Å²) < 4.78 is 0. The van der Waals surface area contributed by atoms with E-state index in [0.29, 0.717) is 28.4 Å². The monoisotopic (exact) mass is 441 g/mol. The number of hydrazone groups is 1. The zero-order valence-corrected chi connectivity index (χ0v) is 17.7. The summed E-state index contributed by atoms with van der Waals surface area (Å²) in [7, 11) is 0. The standard InChI is InChI=1S/C23H18Cl3N3/c24-19-10-6-16(7-11-19)14-27-23(26)29-15-21(17-4-2-1-3-5-17)22(28-29)18-8-12-20(25)13-9-18/h1-13,21H,14-15H2/b27-23+. The van der Waals surface area contributed by atoms with E-state index in [1.165, 1.54) is 5.56 Å². The lowest BCUT2D eigenvalue weighted by Crippen LogP contribution is -2.22. The number of rotatable bonds is 4. The molecule has 1 aliphatic heterocycles. The van der Waals surface area contributed by atoms with Crippen LogP contribution < -0.4 is 0 Å². The minimum atomic E-state index is 0.0943. The molecular weight excluding hydrogens is 425 g/mol. The second-order valence-electron chi connectivity index (χ2n) is 6.75. The van der Waals surface area contributed by atoms with Gasteiger partial charge >= 0.3 is 0 Å². The van der Waals surface area contributed by atoms with E-state index < -0.39 is 0 Å². The average molecular weight is 443 g/mol. The van der Waals surface area contributed by atoms with Gasteiger partial charge in [0.05, 0.1) is 18.8 Å². The van der Waals surface area contributed by atoms with Crippen molar-refractivity contribution in [2.45, 2.75) is 12.5 Å². The third kappa shape index (κ3) is 4.81. The molecule has 3 aromatic carbocycles. The second-order valence-corrected chi connectivity index (χ2v) is 7.96. The predicted molar refractivity (Wildman–Crippen MR) is 122 cm³/mol. The molecule has 1 atom stereocenters. The molecule has 146 valence electrons. The molecule has 6 heteroatoms. The maximum absolute atomic E-state index is 6.52. The normalized spacial score (nSPS) is 16.8. The molecule has 1 heterocycles. The summed E-state index contributed by atoms with van der Waals surface area (Å²) in [4.78, 5) is 4.51. The van der Waals surface area contributed by atoms with Crippen molar-refractivity contribution < 1.29 is 0 Å². The van der Waals surface area contributed by atoms with E-state index in [0.717, 1.165) is 16.8 Å². The van der Waals surface area contributed by atoms with Crippen LogP contribution in [0, 0.1) is 0 Å². The third-order valence-electron chi connectivity index (χ3n) is 4.77. The van der Waals surface area contributed by atoms with Gasteiger partial charge in [0.2, 0.25) is 5.29 Å². The first kappa shape index (κ1) is 20.0. The molecule has 0 saturated carbocycles. The maximum Gasteiger partial charge on any atom is 0.214 e. The molecule has 0 amide bonds. The molecule has 0 aliphatic carbocycles. The van der Waals surface area contributed by atoms with Crippen LogP contribution in [0.25, 0.3) is 0 Å². The number of nitrogens with zero attached hydrogens (tertiary/aromatic N) is 3. The molecule has 4 rings (SSSR count). The second kappa shape index (κ2) is 9.00. The fourth-order valence-electron chi connectivity index (χ4n) is 3.27. The van der Waals surface area contributed by atoms with Crippen molar-refractivity contribution in [2.24, 2.45) is 10.1 Å². The number of benzene rings is 3. The van der Waals surface area contributed by atoms with Gasteiger partial charge in [-0.05, 0) is 52.6 Å². The first-order chi connectivity index (χ1) is 14.1. The zero-order chi connectivity index (χ0) is 20.2. The highest BCUT2D eigenvalue weighted by molar-refractivity contribution is 6.64. The molecule has 0 fully saturated rings. The summed E-state index contributed by atoms with van der Waals surface area (Å²) in [5.74, 6) is 0.0943. The number of halogens is 3. The Labute approximate surface area is 185 Å². The minimum Gasteiger partial charge on any atom is -0.252 e. The first-order valence-electron chi connectivity index (χ1n) is 9.21. The quantitative estimate of drug-likeness (QED) is 0.254. The summed E-state index contributed by atoms with van der Waals surface area (Å²) in [5.41, 5.74) is 4.19. The van der Waals surface area contributed by atoms with E-state index in [-0.39, 0.29) is 5.92 Å². The maximum atomic E-state index is 6.52. The summed E-state index contributed by atoms with van der Waals surface area (Å²) >= 11 is 18.5. The van der Waals surface area contributed by atoms with Crippen molar-refractivity contribution in [1.82, 2.24) is 5.01 Å². The Balaban J connectivity index is 1.61. The zero-order valence-electron chi connectivity index (χ0n) is 15.5. The fraction of sp³-hybridized carbons (Fsp3) is 0.130. The Morgan fingerprint density at radius 2 is 1.52 bits per heavy atom. The molecule has 0 N–H and O–H groups in total. The van der Waals surface area contributed by atoms with Gasteiger partial charge in [-0.1, -0.05) is 77.8 Å². The molecule has 0 radical (unpaired) electrons. The van der Waals surface area contributed by atoms with Crippen LogP contribution in [0.3, 0.4) is 0 Å². The van der Waals surface area contributed by atoms with E-state index in [1.807, 2.05) is 66.7 Å². The fourth-order valence-corrected chi connectivity index (χ4v) is 3.69. The molecular formula is C23H18Cl3N3. The molecule has 0 spiro atoms. The third-order valence-corrected chi connectivity index (χ3v) is 5.59. The number of aliphatic imine (C=N–C) groups is 1. The largest absolute Gasteiger partial charge is 0.252 e. The highest BCUT2D eigenvalue weighted by Crippen LogP contribution is 2.30. The van der Waals surface area contributed by atoms with Crippen LogP contribution in [0.15, 0.2) is 89.0 Å². The van der Waals surface area contributed by atoms with Gasteiger partial charge in [-0.15, -0.1) is 0 Å². The van der Waals surface area contributed by atoms with Crippen molar-refractivity contribution in [3.05, 3.63) is 106 Å². The van der Waals surface area contributed by atoms with E-state index in [1.54, 1.807) is 5.01 Å². The summed E-state index contributed by atoms with van der Waals surface area (Å²) in [6.45, 7) is 1.10. The molecule has 3 nitrogen and oxygen atoms in total. The van der Waals surface area contributed by atoms with Crippen LogP contribution >= 0.6 is 34.8 Å². The van der Waals surface area contributed by atoms with Gasteiger partial charge in [0.1, 0.15) is 0 Å². The highest BCUT2D eigenvalue weighted by Gasteiger charge is 2.30. The Morgan fingerprint density at radius 3 is 2.17 bits per heavy atom.